The van der Waals surface area contributed by atoms with E-state index in [-0.39, 0.29) is 10.6 Å². The first-order valence-electron chi connectivity index (χ1n) is 7.26. The van der Waals surface area contributed by atoms with E-state index in [2.05, 4.69) is 0 Å². The molecule has 0 spiro atoms. The first-order chi connectivity index (χ1) is 11.0. The van der Waals surface area contributed by atoms with Crippen LogP contribution in [0.2, 0.25) is 0 Å². The molecule has 1 aliphatic heterocycles. The van der Waals surface area contributed by atoms with Gasteiger partial charge in [0.05, 0.1) is 4.90 Å². The Kier molecular flexibility index (Phi) is 4.23. The molecule has 5 nitrogen and oxygen atoms in total. The molecule has 1 heterocycles. The van der Waals surface area contributed by atoms with Gasteiger partial charge in [0.1, 0.15) is 11.6 Å². The summed E-state index contributed by atoms with van der Waals surface area (Å²) >= 11 is 0. The lowest BCUT2D eigenvalue weighted by Gasteiger charge is -2.35. The number of phenolic OH excluding ortho intramolecular Hbond substituents is 1. The summed E-state index contributed by atoms with van der Waals surface area (Å²) in [4.78, 5) is 1.99. The van der Waals surface area contributed by atoms with Crippen LogP contribution in [0.3, 0.4) is 0 Å². The second-order valence-electron chi connectivity index (χ2n) is 5.37. The summed E-state index contributed by atoms with van der Waals surface area (Å²) in [5.41, 5.74) is 0.854. The minimum absolute atomic E-state index is 0.0247. The van der Waals surface area contributed by atoms with Gasteiger partial charge in [-0.2, -0.15) is 4.31 Å². The molecule has 0 radical (unpaired) electrons. The Balaban J connectivity index is 1.73. The van der Waals surface area contributed by atoms with E-state index in [4.69, 9.17) is 0 Å². The maximum atomic E-state index is 13.3. The van der Waals surface area contributed by atoms with Crippen LogP contribution >= 0.6 is 0 Å². The van der Waals surface area contributed by atoms with Crippen molar-refractivity contribution in [1.29, 1.82) is 0 Å². The molecule has 1 N–H and O–H groups in total. The Morgan fingerprint density at radius 3 is 2.30 bits per heavy atom. The highest BCUT2D eigenvalue weighted by Crippen LogP contribution is 2.23. The van der Waals surface area contributed by atoms with E-state index < -0.39 is 15.8 Å². The number of halogens is 1. The van der Waals surface area contributed by atoms with Gasteiger partial charge in [-0.05, 0) is 30.3 Å². The third-order valence-electron chi connectivity index (χ3n) is 3.87. The lowest BCUT2D eigenvalue weighted by molar-refractivity contribution is 0.384. The Morgan fingerprint density at radius 1 is 0.957 bits per heavy atom. The number of piperazine rings is 1. The van der Waals surface area contributed by atoms with Crippen LogP contribution in [0, 0.1) is 5.82 Å². The Morgan fingerprint density at radius 2 is 1.65 bits per heavy atom. The van der Waals surface area contributed by atoms with Crippen molar-refractivity contribution in [3.8, 4) is 5.75 Å². The van der Waals surface area contributed by atoms with Crippen LogP contribution in [0.4, 0.5) is 10.1 Å². The molecular weight excluding hydrogens is 319 g/mol. The van der Waals surface area contributed by atoms with Crippen molar-refractivity contribution in [3.63, 3.8) is 0 Å². The van der Waals surface area contributed by atoms with Gasteiger partial charge in [-0.1, -0.05) is 12.1 Å². The number of aromatic hydroxyl groups is 1. The Labute approximate surface area is 134 Å². The van der Waals surface area contributed by atoms with Crippen LogP contribution in [0.1, 0.15) is 0 Å². The van der Waals surface area contributed by atoms with Crippen LogP contribution in [0.5, 0.6) is 5.75 Å². The molecule has 0 saturated carbocycles. The first-order valence-corrected chi connectivity index (χ1v) is 8.70. The summed E-state index contributed by atoms with van der Waals surface area (Å²) in [6.07, 6.45) is 0. The van der Waals surface area contributed by atoms with Gasteiger partial charge in [-0.25, -0.2) is 12.8 Å². The minimum Gasteiger partial charge on any atom is -0.508 e. The van der Waals surface area contributed by atoms with Gasteiger partial charge < -0.3 is 10.0 Å². The highest BCUT2D eigenvalue weighted by molar-refractivity contribution is 7.89. The number of hydrogen-bond donors (Lipinski definition) is 1. The topological polar surface area (TPSA) is 60.9 Å². The van der Waals surface area contributed by atoms with Crippen LogP contribution in [0.15, 0.2) is 53.4 Å². The molecule has 0 aliphatic carbocycles. The summed E-state index contributed by atoms with van der Waals surface area (Å²) in [6.45, 7) is 1.65. The number of hydrogen-bond acceptors (Lipinski definition) is 4. The van der Waals surface area contributed by atoms with E-state index in [0.29, 0.717) is 26.2 Å². The van der Waals surface area contributed by atoms with E-state index >= 15 is 0 Å². The third-order valence-corrected chi connectivity index (χ3v) is 5.76. The zero-order valence-corrected chi connectivity index (χ0v) is 13.2. The van der Waals surface area contributed by atoms with Crippen LogP contribution < -0.4 is 4.90 Å². The molecule has 3 rings (SSSR count). The molecule has 7 heteroatoms. The molecular formula is C16H17FN2O3S. The smallest absolute Gasteiger partial charge is 0.243 e. The summed E-state index contributed by atoms with van der Waals surface area (Å²) in [5, 5.41) is 9.53. The quantitative estimate of drug-likeness (QED) is 0.932. The average Bonchev–Trinajstić information content (AvgIpc) is 2.55. The van der Waals surface area contributed by atoms with Crippen LogP contribution in [-0.2, 0) is 10.0 Å². The van der Waals surface area contributed by atoms with Gasteiger partial charge in [0.25, 0.3) is 0 Å². The lowest BCUT2D eigenvalue weighted by atomic mass is 10.2. The molecule has 23 heavy (non-hydrogen) atoms. The molecule has 0 unspecified atom stereocenters. The standard InChI is InChI=1S/C16H17FN2O3S/c17-13-3-1-6-16(11-13)23(21,22)19-9-7-18(8-10-19)14-4-2-5-15(20)12-14/h1-6,11-12,20H,7-10H2. The second-order valence-corrected chi connectivity index (χ2v) is 7.31. The Hall–Kier alpha value is -2.12. The van der Waals surface area contributed by atoms with Crippen molar-refractivity contribution in [1.82, 2.24) is 4.31 Å². The van der Waals surface area contributed by atoms with Gasteiger partial charge in [0.15, 0.2) is 0 Å². The van der Waals surface area contributed by atoms with Gasteiger partial charge in [0, 0.05) is 37.9 Å². The van der Waals surface area contributed by atoms with Gasteiger partial charge in [0.2, 0.25) is 10.0 Å². The second kappa shape index (κ2) is 6.17. The van der Waals surface area contributed by atoms with Crippen molar-refractivity contribution >= 4 is 15.7 Å². The number of sulfonamides is 1. The van der Waals surface area contributed by atoms with Gasteiger partial charge in [-0.15, -0.1) is 0 Å². The van der Waals surface area contributed by atoms with Gasteiger partial charge >= 0.3 is 0 Å². The number of rotatable bonds is 3. The predicted molar refractivity (Wildman–Crippen MR) is 85.5 cm³/mol. The van der Waals surface area contributed by atoms with Crippen molar-refractivity contribution in [2.24, 2.45) is 0 Å². The number of anilines is 1. The van der Waals surface area contributed by atoms with E-state index in [9.17, 15) is 17.9 Å². The monoisotopic (exact) mass is 336 g/mol. The van der Waals surface area contributed by atoms with Crippen LogP contribution in [-0.4, -0.2) is 44.0 Å². The number of nitrogens with zero attached hydrogens (tertiary/aromatic N) is 2. The molecule has 1 saturated heterocycles. The molecule has 2 aromatic rings. The maximum Gasteiger partial charge on any atom is 0.243 e. The fourth-order valence-electron chi connectivity index (χ4n) is 2.65. The van der Waals surface area contributed by atoms with Gasteiger partial charge in [-0.3, -0.25) is 0 Å². The zero-order valence-electron chi connectivity index (χ0n) is 12.4. The van der Waals surface area contributed by atoms with E-state index in [0.717, 1.165) is 11.8 Å². The molecule has 1 aliphatic rings. The molecule has 0 aromatic heterocycles. The molecule has 122 valence electrons. The largest absolute Gasteiger partial charge is 0.508 e. The summed E-state index contributed by atoms with van der Waals surface area (Å²) in [5.74, 6) is -0.387. The van der Waals surface area contributed by atoms with Crippen molar-refractivity contribution < 1.29 is 17.9 Å². The molecule has 0 bridgehead atoms. The lowest BCUT2D eigenvalue weighted by Crippen LogP contribution is -2.48. The maximum absolute atomic E-state index is 13.3. The number of benzene rings is 2. The summed E-state index contributed by atoms with van der Waals surface area (Å²) in [7, 11) is -3.68. The van der Waals surface area contributed by atoms with Crippen molar-refractivity contribution in [2.45, 2.75) is 4.90 Å². The van der Waals surface area contributed by atoms with E-state index in [1.54, 1.807) is 18.2 Å². The minimum atomic E-state index is -3.68. The predicted octanol–water partition coefficient (Wildman–Crippen LogP) is 2.04. The summed E-state index contributed by atoms with van der Waals surface area (Å²) in [6, 6.07) is 11.9. The molecule has 0 atom stereocenters. The van der Waals surface area contributed by atoms with Crippen molar-refractivity contribution in [2.75, 3.05) is 31.1 Å². The molecule has 0 amide bonds. The van der Waals surface area contributed by atoms with Crippen LogP contribution in [0.25, 0.3) is 0 Å². The van der Waals surface area contributed by atoms with Crippen molar-refractivity contribution in [3.05, 3.63) is 54.3 Å². The number of phenols is 1. The molecule has 1 fully saturated rings. The normalized spacial score (nSPS) is 16.5. The molecule has 2 aromatic carbocycles. The van der Waals surface area contributed by atoms with E-state index in [1.165, 1.54) is 22.5 Å². The summed E-state index contributed by atoms with van der Waals surface area (Å²) < 4.78 is 39.7. The highest BCUT2D eigenvalue weighted by atomic mass is 32.2. The first kappa shape index (κ1) is 15.8. The zero-order chi connectivity index (χ0) is 16.4. The highest BCUT2D eigenvalue weighted by Gasteiger charge is 2.28. The fourth-order valence-corrected chi connectivity index (χ4v) is 4.11. The van der Waals surface area contributed by atoms with E-state index in [1.807, 2.05) is 11.0 Å². The average molecular weight is 336 g/mol. The fraction of sp³-hybridized carbons (Fsp3) is 0.250. The Bertz CT molecular complexity index is 802. The third kappa shape index (κ3) is 3.30. The SMILES string of the molecule is O=S(=O)(c1cccc(F)c1)N1CCN(c2cccc(O)c2)CC1.